The summed E-state index contributed by atoms with van der Waals surface area (Å²) in [6.07, 6.45) is 0.745. The van der Waals surface area contributed by atoms with Gasteiger partial charge in [0.25, 0.3) is 10.0 Å². The molecule has 0 saturated heterocycles. The van der Waals surface area contributed by atoms with Crippen LogP contribution in [0.5, 0.6) is 0 Å². The van der Waals surface area contributed by atoms with Crippen LogP contribution in [0.2, 0.25) is 0 Å². The summed E-state index contributed by atoms with van der Waals surface area (Å²) >= 11 is 3.43. The van der Waals surface area contributed by atoms with Crippen LogP contribution in [0.3, 0.4) is 0 Å². The first-order valence-corrected chi connectivity index (χ1v) is 15.7. The van der Waals surface area contributed by atoms with Crippen LogP contribution in [-0.2, 0) is 26.2 Å². The Morgan fingerprint density at radius 2 is 1.48 bits per heavy atom. The van der Waals surface area contributed by atoms with E-state index in [9.17, 15) is 18.0 Å². The minimum Gasteiger partial charge on any atom is -0.352 e. The molecule has 3 aromatic carbocycles. The topological polar surface area (TPSA) is 86.8 Å². The van der Waals surface area contributed by atoms with Crippen molar-refractivity contribution < 1.29 is 18.0 Å². The van der Waals surface area contributed by atoms with E-state index < -0.39 is 28.5 Å². The number of nitrogens with zero attached hydrogens (tertiary/aromatic N) is 2. The van der Waals surface area contributed by atoms with Crippen molar-refractivity contribution in [2.75, 3.05) is 10.8 Å². The monoisotopic (exact) mass is 627 g/mol. The Kier molecular flexibility index (Phi) is 10.9. The van der Waals surface area contributed by atoms with Gasteiger partial charge in [0, 0.05) is 17.1 Å². The van der Waals surface area contributed by atoms with Gasteiger partial charge in [-0.3, -0.25) is 13.9 Å². The zero-order valence-corrected chi connectivity index (χ0v) is 26.1. The molecule has 2 atom stereocenters. The second-order valence-corrected chi connectivity index (χ2v) is 13.0. The molecule has 0 aliphatic rings. The predicted octanol–water partition coefficient (Wildman–Crippen LogP) is 6.10. The summed E-state index contributed by atoms with van der Waals surface area (Å²) in [5, 5.41) is 2.95. The van der Waals surface area contributed by atoms with Crippen LogP contribution in [0.15, 0.2) is 88.2 Å². The smallest absolute Gasteiger partial charge is 0.264 e. The van der Waals surface area contributed by atoms with Crippen molar-refractivity contribution in [1.82, 2.24) is 10.2 Å². The first-order chi connectivity index (χ1) is 18.9. The molecule has 9 heteroatoms. The van der Waals surface area contributed by atoms with Gasteiger partial charge in [-0.2, -0.15) is 0 Å². The lowest BCUT2D eigenvalue weighted by atomic mass is 10.0. The normalized spacial score (nSPS) is 13.0. The van der Waals surface area contributed by atoms with E-state index in [2.05, 4.69) is 35.1 Å². The minimum atomic E-state index is -4.08. The fraction of sp³-hybridized carbons (Fsp3) is 0.355. The molecule has 0 aromatic heterocycles. The molecule has 0 fully saturated rings. The second-order valence-electron chi connectivity index (χ2n) is 10.2. The molecule has 214 valence electrons. The van der Waals surface area contributed by atoms with E-state index in [0.29, 0.717) is 5.69 Å². The number of carbonyl (C=O) groups excluding carboxylic acids is 2. The Morgan fingerprint density at radius 1 is 0.875 bits per heavy atom. The van der Waals surface area contributed by atoms with E-state index in [-0.39, 0.29) is 29.3 Å². The number of benzene rings is 3. The molecule has 0 saturated carbocycles. The van der Waals surface area contributed by atoms with E-state index >= 15 is 0 Å². The zero-order valence-electron chi connectivity index (χ0n) is 23.7. The number of hydrogen-bond donors (Lipinski definition) is 1. The summed E-state index contributed by atoms with van der Waals surface area (Å²) in [6, 6.07) is 21.8. The van der Waals surface area contributed by atoms with Crippen LogP contribution in [0.4, 0.5) is 5.69 Å². The fourth-order valence-corrected chi connectivity index (χ4v) is 5.81. The first-order valence-electron chi connectivity index (χ1n) is 13.5. The highest BCUT2D eigenvalue weighted by atomic mass is 79.9. The molecule has 0 aliphatic carbocycles. The average molecular weight is 629 g/mol. The van der Waals surface area contributed by atoms with Gasteiger partial charge < -0.3 is 10.2 Å². The molecule has 7 nitrogen and oxygen atoms in total. The highest BCUT2D eigenvalue weighted by molar-refractivity contribution is 9.10. The lowest BCUT2D eigenvalue weighted by molar-refractivity contribution is -0.139. The Labute approximate surface area is 246 Å². The van der Waals surface area contributed by atoms with Crippen molar-refractivity contribution in [1.29, 1.82) is 0 Å². The minimum absolute atomic E-state index is 0.0611. The number of sulfonamides is 1. The third-order valence-corrected chi connectivity index (χ3v) is 9.21. The van der Waals surface area contributed by atoms with E-state index in [1.54, 1.807) is 37.3 Å². The average Bonchev–Trinajstić information content (AvgIpc) is 2.95. The molecular formula is C31H38BrN3O4S. The van der Waals surface area contributed by atoms with Gasteiger partial charge >= 0.3 is 0 Å². The van der Waals surface area contributed by atoms with E-state index in [1.807, 2.05) is 50.2 Å². The lowest BCUT2D eigenvalue weighted by Gasteiger charge is -2.32. The molecule has 3 aromatic rings. The maximum Gasteiger partial charge on any atom is 0.264 e. The van der Waals surface area contributed by atoms with Crippen LogP contribution < -0.4 is 9.62 Å². The summed E-state index contributed by atoms with van der Waals surface area (Å²) < 4.78 is 29.7. The molecule has 3 rings (SSSR count). The Bertz CT molecular complexity index is 1380. The maximum atomic E-state index is 14.0. The summed E-state index contributed by atoms with van der Waals surface area (Å²) in [7, 11) is -4.08. The second kappa shape index (κ2) is 13.9. The third kappa shape index (κ3) is 7.95. The van der Waals surface area contributed by atoms with Gasteiger partial charge in [0.1, 0.15) is 12.6 Å². The fourth-order valence-electron chi connectivity index (χ4n) is 4.11. The van der Waals surface area contributed by atoms with Gasteiger partial charge in [-0.05, 0) is 73.7 Å². The van der Waals surface area contributed by atoms with Crippen LogP contribution >= 0.6 is 15.9 Å². The number of rotatable bonds is 12. The van der Waals surface area contributed by atoms with Gasteiger partial charge in [0.05, 0.1) is 10.6 Å². The first kappa shape index (κ1) is 31.4. The molecule has 0 aliphatic heterocycles. The third-order valence-electron chi connectivity index (χ3n) is 6.89. The van der Waals surface area contributed by atoms with Crippen molar-refractivity contribution in [3.63, 3.8) is 0 Å². The molecule has 0 spiro atoms. The SMILES string of the molecule is CC[C@@H](C)NC(=O)[C@H](C)N(Cc1ccc(Br)cc1)C(=O)CN(c1ccc(C(C)C)cc1)S(=O)(=O)c1ccccc1. The van der Waals surface area contributed by atoms with Crippen molar-refractivity contribution in [2.45, 2.75) is 70.5 Å². The molecule has 40 heavy (non-hydrogen) atoms. The van der Waals surface area contributed by atoms with Gasteiger partial charge in [-0.25, -0.2) is 8.42 Å². The van der Waals surface area contributed by atoms with Crippen molar-refractivity contribution >= 4 is 43.5 Å². The van der Waals surface area contributed by atoms with Crippen LogP contribution in [-0.4, -0.2) is 43.8 Å². The Morgan fingerprint density at radius 3 is 2.02 bits per heavy atom. The van der Waals surface area contributed by atoms with Gasteiger partial charge in [0.15, 0.2) is 0 Å². The zero-order chi connectivity index (χ0) is 29.4. The lowest BCUT2D eigenvalue weighted by Crippen LogP contribution is -2.52. The predicted molar refractivity (Wildman–Crippen MR) is 164 cm³/mol. The summed E-state index contributed by atoms with van der Waals surface area (Å²) in [6.45, 7) is 9.34. The summed E-state index contributed by atoms with van der Waals surface area (Å²) in [4.78, 5) is 28.6. The quantitative estimate of drug-likeness (QED) is 0.263. The molecule has 0 unspecified atom stereocenters. The number of carbonyl (C=O) groups is 2. The molecule has 1 N–H and O–H groups in total. The Hall–Kier alpha value is -3.17. The van der Waals surface area contributed by atoms with Gasteiger partial charge in [-0.15, -0.1) is 0 Å². The standard InChI is InChI=1S/C31H38BrN3O4S/c1-6-23(4)33-31(37)24(5)34(20-25-12-16-27(32)17-13-25)30(36)21-35(28-18-14-26(15-19-28)22(2)3)40(38,39)29-10-8-7-9-11-29/h7-19,22-24H,6,20-21H2,1-5H3,(H,33,37)/t23-,24+/m1/s1. The van der Waals surface area contributed by atoms with Crippen LogP contribution in [0.1, 0.15) is 58.1 Å². The number of hydrogen-bond acceptors (Lipinski definition) is 4. The van der Waals surface area contributed by atoms with Gasteiger partial charge in [-0.1, -0.05) is 79.2 Å². The highest BCUT2D eigenvalue weighted by Crippen LogP contribution is 2.26. The largest absolute Gasteiger partial charge is 0.352 e. The van der Waals surface area contributed by atoms with Crippen LogP contribution in [0.25, 0.3) is 0 Å². The number of anilines is 1. The number of amides is 2. The van der Waals surface area contributed by atoms with E-state index in [4.69, 9.17) is 0 Å². The molecule has 0 radical (unpaired) electrons. The Balaban J connectivity index is 2.02. The molecular weight excluding hydrogens is 590 g/mol. The highest BCUT2D eigenvalue weighted by Gasteiger charge is 2.32. The van der Waals surface area contributed by atoms with Crippen molar-refractivity contribution in [3.8, 4) is 0 Å². The summed E-state index contributed by atoms with van der Waals surface area (Å²) in [5.41, 5.74) is 2.25. The van der Waals surface area contributed by atoms with E-state index in [0.717, 1.165) is 26.3 Å². The van der Waals surface area contributed by atoms with Crippen molar-refractivity contribution in [2.24, 2.45) is 0 Å². The van der Waals surface area contributed by atoms with E-state index in [1.165, 1.54) is 17.0 Å². The molecule has 0 bridgehead atoms. The number of nitrogens with one attached hydrogen (secondary N) is 1. The van der Waals surface area contributed by atoms with Crippen LogP contribution in [0, 0.1) is 0 Å². The van der Waals surface area contributed by atoms with Gasteiger partial charge in [0.2, 0.25) is 11.8 Å². The maximum absolute atomic E-state index is 14.0. The molecule has 0 heterocycles. The van der Waals surface area contributed by atoms with Crippen molar-refractivity contribution in [3.05, 3.63) is 94.5 Å². The molecule has 2 amide bonds. The summed E-state index contributed by atoms with van der Waals surface area (Å²) in [5.74, 6) is -0.512. The number of halogens is 1.